The summed E-state index contributed by atoms with van der Waals surface area (Å²) in [7, 11) is -1.63. The Labute approximate surface area is 130 Å². The first-order valence-corrected chi connectivity index (χ1v) is 9.79. The number of thioether (sulfide) groups is 1. The van der Waals surface area contributed by atoms with Crippen molar-refractivity contribution in [3.05, 3.63) is 0 Å². The molecule has 0 aromatic heterocycles. The smallest absolute Gasteiger partial charge is 0.328 e. The summed E-state index contributed by atoms with van der Waals surface area (Å²) in [6.07, 6.45) is 1.10. The van der Waals surface area contributed by atoms with Crippen molar-refractivity contribution in [1.29, 1.82) is 0 Å². The first kappa shape index (κ1) is 18.3. The van der Waals surface area contributed by atoms with Gasteiger partial charge < -0.3 is 10.1 Å². The molecule has 0 saturated carbocycles. The maximum absolute atomic E-state index is 11.9. The fourth-order valence-electron chi connectivity index (χ4n) is 2.15. The standard InChI is InChI=1S/C13H23NO5S2/c1-9(2)6-11(13(16)19-3)14-12(15)7-20-10-4-5-21(17,18)8-10/h9-11H,4-8H2,1-3H3,(H,14,15). The fraction of sp³-hybridized carbons (Fsp3) is 0.846. The molecule has 0 bridgehead atoms. The molecule has 1 aliphatic heterocycles. The maximum atomic E-state index is 11.9. The van der Waals surface area contributed by atoms with Gasteiger partial charge in [-0.25, -0.2) is 13.2 Å². The van der Waals surface area contributed by atoms with Gasteiger partial charge in [-0.15, -0.1) is 11.8 Å². The average Bonchev–Trinajstić information content (AvgIpc) is 2.73. The van der Waals surface area contributed by atoms with Crippen LogP contribution in [0.5, 0.6) is 0 Å². The third-order valence-corrected chi connectivity index (χ3v) is 6.45. The molecule has 1 fully saturated rings. The van der Waals surface area contributed by atoms with Crippen LogP contribution in [0.25, 0.3) is 0 Å². The molecule has 1 aliphatic rings. The van der Waals surface area contributed by atoms with Gasteiger partial charge in [-0.2, -0.15) is 0 Å². The molecule has 1 N–H and O–H groups in total. The number of ether oxygens (including phenoxy) is 1. The minimum Gasteiger partial charge on any atom is -0.467 e. The highest BCUT2D eigenvalue weighted by atomic mass is 32.2. The second-order valence-corrected chi connectivity index (χ2v) is 9.13. The number of amides is 1. The average molecular weight is 337 g/mol. The van der Waals surface area contributed by atoms with Crippen LogP contribution in [-0.4, -0.2) is 56.0 Å². The fourth-order valence-corrected chi connectivity index (χ4v) is 5.60. The lowest BCUT2D eigenvalue weighted by Gasteiger charge is -2.18. The second kappa shape index (κ2) is 8.03. The molecular formula is C13H23NO5S2. The summed E-state index contributed by atoms with van der Waals surface area (Å²) in [5, 5.41) is 2.63. The van der Waals surface area contributed by atoms with Crippen LogP contribution in [0.3, 0.4) is 0 Å². The number of carbonyl (C=O) groups is 2. The van der Waals surface area contributed by atoms with E-state index in [0.717, 1.165) is 0 Å². The zero-order valence-corrected chi connectivity index (χ0v) is 14.3. The number of hydrogen-bond acceptors (Lipinski definition) is 6. The SMILES string of the molecule is COC(=O)C(CC(C)C)NC(=O)CSC1CCS(=O)(=O)C1. The largest absolute Gasteiger partial charge is 0.467 e. The van der Waals surface area contributed by atoms with Crippen LogP contribution < -0.4 is 5.32 Å². The molecule has 1 amide bonds. The number of esters is 1. The van der Waals surface area contributed by atoms with Gasteiger partial charge >= 0.3 is 5.97 Å². The molecule has 2 atom stereocenters. The molecule has 8 heteroatoms. The van der Waals surface area contributed by atoms with Crippen molar-refractivity contribution in [1.82, 2.24) is 5.32 Å². The van der Waals surface area contributed by atoms with Crippen molar-refractivity contribution >= 4 is 33.5 Å². The Morgan fingerprint density at radius 2 is 2.05 bits per heavy atom. The molecule has 6 nitrogen and oxygen atoms in total. The summed E-state index contributed by atoms with van der Waals surface area (Å²) in [4.78, 5) is 23.5. The predicted octanol–water partition coefficient (Wildman–Crippen LogP) is 0.611. The van der Waals surface area contributed by atoms with E-state index in [1.54, 1.807) is 0 Å². The van der Waals surface area contributed by atoms with Crippen LogP contribution in [0.1, 0.15) is 26.7 Å². The zero-order chi connectivity index (χ0) is 16.0. The Bertz CT molecular complexity index is 475. The van der Waals surface area contributed by atoms with Crippen LogP contribution in [0.15, 0.2) is 0 Å². The van der Waals surface area contributed by atoms with Gasteiger partial charge in [-0.3, -0.25) is 4.79 Å². The molecule has 1 saturated heterocycles. The van der Waals surface area contributed by atoms with Crippen molar-refractivity contribution in [3.63, 3.8) is 0 Å². The lowest BCUT2D eigenvalue weighted by molar-refractivity contribution is -0.145. The Hall–Kier alpha value is -0.760. The van der Waals surface area contributed by atoms with E-state index in [-0.39, 0.29) is 34.3 Å². The van der Waals surface area contributed by atoms with Crippen LogP contribution in [0, 0.1) is 5.92 Å². The molecular weight excluding hydrogens is 314 g/mol. The van der Waals surface area contributed by atoms with E-state index >= 15 is 0 Å². The van der Waals surface area contributed by atoms with Gasteiger partial charge in [0.1, 0.15) is 6.04 Å². The summed E-state index contributed by atoms with van der Waals surface area (Å²) in [5.74, 6) is 0.0287. The van der Waals surface area contributed by atoms with Crippen LogP contribution >= 0.6 is 11.8 Å². The lowest BCUT2D eigenvalue weighted by atomic mass is 10.0. The minimum atomic E-state index is -2.93. The Kier molecular flexibility index (Phi) is 6.99. The van der Waals surface area contributed by atoms with Crippen molar-refractivity contribution in [2.24, 2.45) is 5.92 Å². The topological polar surface area (TPSA) is 89.5 Å². The van der Waals surface area contributed by atoms with E-state index in [1.807, 2.05) is 13.8 Å². The summed E-state index contributed by atoms with van der Waals surface area (Å²) < 4.78 is 27.4. The maximum Gasteiger partial charge on any atom is 0.328 e. The molecule has 0 aromatic carbocycles. The molecule has 2 unspecified atom stereocenters. The highest BCUT2D eigenvalue weighted by Crippen LogP contribution is 2.24. The van der Waals surface area contributed by atoms with Gasteiger partial charge in [0, 0.05) is 5.25 Å². The predicted molar refractivity (Wildman–Crippen MR) is 82.9 cm³/mol. The van der Waals surface area contributed by atoms with Gasteiger partial charge in [0.2, 0.25) is 5.91 Å². The van der Waals surface area contributed by atoms with E-state index < -0.39 is 21.8 Å². The first-order valence-electron chi connectivity index (χ1n) is 6.92. The van der Waals surface area contributed by atoms with Gasteiger partial charge in [0.15, 0.2) is 9.84 Å². The van der Waals surface area contributed by atoms with Crippen molar-refractivity contribution in [3.8, 4) is 0 Å². The van der Waals surface area contributed by atoms with Crippen molar-refractivity contribution in [2.75, 3.05) is 24.4 Å². The Morgan fingerprint density at radius 3 is 2.52 bits per heavy atom. The molecule has 1 rings (SSSR count). The number of nitrogens with one attached hydrogen (secondary N) is 1. The van der Waals surface area contributed by atoms with E-state index in [0.29, 0.717) is 12.8 Å². The number of sulfone groups is 1. The summed E-state index contributed by atoms with van der Waals surface area (Å²) in [6.45, 7) is 3.92. The van der Waals surface area contributed by atoms with Crippen LogP contribution in [-0.2, 0) is 24.2 Å². The summed E-state index contributed by atoms with van der Waals surface area (Å²) in [5.41, 5.74) is 0. The summed E-state index contributed by atoms with van der Waals surface area (Å²) >= 11 is 1.33. The molecule has 0 spiro atoms. The highest BCUT2D eigenvalue weighted by Gasteiger charge is 2.29. The summed E-state index contributed by atoms with van der Waals surface area (Å²) in [6, 6.07) is -0.643. The van der Waals surface area contributed by atoms with E-state index in [2.05, 4.69) is 10.1 Å². The quantitative estimate of drug-likeness (QED) is 0.685. The van der Waals surface area contributed by atoms with Crippen molar-refractivity contribution in [2.45, 2.75) is 38.0 Å². The molecule has 122 valence electrons. The number of methoxy groups -OCH3 is 1. The zero-order valence-electron chi connectivity index (χ0n) is 12.6. The molecule has 0 aromatic rings. The van der Waals surface area contributed by atoms with Gasteiger partial charge in [0.25, 0.3) is 0 Å². The molecule has 0 aliphatic carbocycles. The minimum absolute atomic E-state index is 0.0255. The monoisotopic (exact) mass is 337 g/mol. The number of carbonyl (C=O) groups excluding carboxylic acids is 2. The Morgan fingerprint density at radius 1 is 1.38 bits per heavy atom. The van der Waals surface area contributed by atoms with Gasteiger partial charge in [-0.05, 0) is 18.8 Å². The first-order chi connectivity index (χ1) is 9.73. The number of rotatable bonds is 7. The van der Waals surface area contributed by atoms with Gasteiger partial charge in [0.05, 0.1) is 24.4 Å². The molecule has 1 heterocycles. The van der Waals surface area contributed by atoms with Crippen LogP contribution in [0.4, 0.5) is 0 Å². The normalized spacial score (nSPS) is 22.0. The van der Waals surface area contributed by atoms with Crippen LogP contribution in [0.2, 0.25) is 0 Å². The van der Waals surface area contributed by atoms with Crippen molar-refractivity contribution < 1.29 is 22.7 Å². The molecule has 0 radical (unpaired) electrons. The van der Waals surface area contributed by atoms with Gasteiger partial charge in [-0.1, -0.05) is 13.8 Å². The Balaban J connectivity index is 2.41. The second-order valence-electron chi connectivity index (χ2n) is 5.61. The third kappa shape index (κ3) is 6.69. The highest BCUT2D eigenvalue weighted by molar-refractivity contribution is 8.02. The van der Waals surface area contributed by atoms with E-state index in [4.69, 9.17) is 0 Å². The lowest BCUT2D eigenvalue weighted by Crippen LogP contribution is -2.43. The molecule has 21 heavy (non-hydrogen) atoms. The third-order valence-electron chi connectivity index (χ3n) is 3.17. The number of hydrogen-bond donors (Lipinski definition) is 1. The van der Waals surface area contributed by atoms with E-state index in [9.17, 15) is 18.0 Å². The van der Waals surface area contributed by atoms with E-state index in [1.165, 1.54) is 18.9 Å².